The molecule has 2 rings (SSSR count). The lowest BCUT2D eigenvalue weighted by Crippen LogP contribution is -2.05. The van der Waals surface area contributed by atoms with Crippen molar-refractivity contribution in [1.82, 2.24) is 19.7 Å². The topological polar surface area (TPSA) is 69.9 Å². The van der Waals surface area contributed by atoms with Crippen molar-refractivity contribution in [2.45, 2.75) is 0 Å². The maximum Gasteiger partial charge on any atom is 0.377 e. The summed E-state index contributed by atoms with van der Waals surface area (Å²) in [5.74, 6) is -0.234. The van der Waals surface area contributed by atoms with Gasteiger partial charge >= 0.3 is 5.97 Å². The highest BCUT2D eigenvalue weighted by Gasteiger charge is 2.13. The zero-order chi connectivity index (χ0) is 11.5. The fourth-order valence-corrected chi connectivity index (χ4v) is 1.30. The van der Waals surface area contributed by atoms with Crippen LogP contribution in [0.2, 0.25) is 5.02 Å². The molecule has 2 aromatic heterocycles. The van der Waals surface area contributed by atoms with Crippen LogP contribution in [0.15, 0.2) is 24.7 Å². The number of methoxy groups -OCH3 is 1. The molecular weight excluding hydrogens is 232 g/mol. The summed E-state index contributed by atoms with van der Waals surface area (Å²) in [7, 11) is 1.26. The van der Waals surface area contributed by atoms with Gasteiger partial charge in [-0.15, -0.1) is 5.10 Å². The first-order chi connectivity index (χ1) is 7.72. The number of pyridine rings is 1. The Bertz CT molecular complexity index is 526. The minimum absolute atomic E-state index is 0.0378. The van der Waals surface area contributed by atoms with Gasteiger partial charge in [0.25, 0.3) is 5.82 Å². The quantitative estimate of drug-likeness (QED) is 0.733. The molecule has 0 aliphatic carbocycles. The van der Waals surface area contributed by atoms with Crippen LogP contribution in [0.4, 0.5) is 0 Å². The Morgan fingerprint density at radius 1 is 1.50 bits per heavy atom. The Labute approximate surface area is 95.8 Å². The molecule has 0 amide bonds. The molecular formula is C9H7ClN4O2. The molecule has 16 heavy (non-hydrogen) atoms. The second-order valence-electron chi connectivity index (χ2n) is 2.81. The first-order valence-electron chi connectivity index (χ1n) is 4.33. The van der Waals surface area contributed by atoms with Gasteiger partial charge < -0.3 is 4.74 Å². The molecule has 0 atom stereocenters. The maximum absolute atomic E-state index is 11.1. The highest BCUT2D eigenvalue weighted by molar-refractivity contribution is 6.32. The standard InChI is InChI=1S/C9H7ClN4O2/c1-16-9(15)7-12-5-14(13-7)8-6(10)3-2-4-11-8/h2-5H,1H3. The summed E-state index contributed by atoms with van der Waals surface area (Å²) in [5.41, 5.74) is 0. The predicted molar refractivity (Wildman–Crippen MR) is 55.5 cm³/mol. The van der Waals surface area contributed by atoms with Crippen LogP contribution in [0, 0.1) is 0 Å². The molecule has 0 spiro atoms. The second-order valence-corrected chi connectivity index (χ2v) is 3.22. The van der Waals surface area contributed by atoms with Crippen molar-refractivity contribution in [1.29, 1.82) is 0 Å². The van der Waals surface area contributed by atoms with Gasteiger partial charge in [-0.1, -0.05) is 11.6 Å². The summed E-state index contributed by atoms with van der Waals surface area (Å²) in [4.78, 5) is 18.9. The monoisotopic (exact) mass is 238 g/mol. The van der Waals surface area contributed by atoms with Crippen molar-refractivity contribution >= 4 is 17.6 Å². The number of rotatable bonds is 2. The minimum Gasteiger partial charge on any atom is -0.463 e. The van der Waals surface area contributed by atoms with Crippen LogP contribution in [0.3, 0.4) is 0 Å². The molecule has 2 heterocycles. The third-order valence-electron chi connectivity index (χ3n) is 1.82. The smallest absolute Gasteiger partial charge is 0.377 e. The number of aromatic nitrogens is 4. The average molecular weight is 239 g/mol. The minimum atomic E-state index is -0.606. The van der Waals surface area contributed by atoms with Crippen LogP contribution in [0.1, 0.15) is 10.6 Å². The summed E-state index contributed by atoms with van der Waals surface area (Å²) >= 11 is 5.91. The van der Waals surface area contributed by atoms with Crippen LogP contribution in [0.5, 0.6) is 0 Å². The molecule has 0 aromatic carbocycles. The number of ether oxygens (including phenoxy) is 1. The third-order valence-corrected chi connectivity index (χ3v) is 2.11. The van der Waals surface area contributed by atoms with E-state index < -0.39 is 5.97 Å². The number of hydrogen-bond acceptors (Lipinski definition) is 5. The molecule has 0 saturated heterocycles. The molecule has 2 aromatic rings. The Kier molecular flexibility index (Phi) is 2.82. The molecule has 0 N–H and O–H groups in total. The van der Waals surface area contributed by atoms with E-state index in [0.29, 0.717) is 10.8 Å². The molecule has 7 heteroatoms. The Morgan fingerprint density at radius 3 is 3.00 bits per heavy atom. The number of hydrogen-bond donors (Lipinski definition) is 0. The van der Waals surface area contributed by atoms with E-state index in [4.69, 9.17) is 11.6 Å². The van der Waals surface area contributed by atoms with Gasteiger partial charge in [0.2, 0.25) is 0 Å². The predicted octanol–water partition coefficient (Wildman–Crippen LogP) is 1.10. The number of halogens is 1. The lowest BCUT2D eigenvalue weighted by Gasteiger charge is -2.00. The lowest BCUT2D eigenvalue weighted by molar-refractivity contribution is 0.0587. The third kappa shape index (κ3) is 1.87. The van der Waals surface area contributed by atoms with Crippen LogP contribution < -0.4 is 0 Å². The zero-order valence-corrected chi connectivity index (χ0v) is 9.05. The van der Waals surface area contributed by atoms with E-state index in [9.17, 15) is 4.79 Å². The van der Waals surface area contributed by atoms with Gasteiger partial charge in [0.05, 0.1) is 12.1 Å². The highest BCUT2D eigenvalue weighted by Crippen LogP contribution is 2.15. The van der Waals surface area contributed by atoms with Crippen molar-refractivity contribution in [2.24, 2.45) is 0 Å². The van der Waals surface area contributed by atoms with E-state index in [2.05, 4.69) is 19.8 Å². The fourth-order valence-electron chi connectivity index (χ4n) is 1.10. The maximum atomic E-state index is 11.1. The lowest BCUT2D eigenvalue weighted by atomic mass is 10.5. The van der Waals surface area contributed by atoms with E-state index in [-0.39, 0.29) is 5.82 Å². The summed E-state index contributed by atoms with van der Waals surface area (Å²) in [5, 5.41) is 4.32. The van der Waals surface area contributed by atoms with E-state index in [1.165, 1.54) is 18.1 Å². The normalized spacial score (nSPS) is 10.1. The van der Waals surface area contributed by atoms with Crippen molar-refractivity contribution in [2.75, 3.05) is 7.11 Å². The van der Waals surface area contributed by atoms with E-state index in [1.54, 1.807) is 18.3 Å². The Balaban J connectivity index is 2.39. The first-order valence-corrected chi connectivity index (χ1v) is 4.71. The van der Waals surface area contributed by atoms with Crippen molar-refractivity contribution < 1.29 is 9.53 Å². The molecule has 0 aliphatic rings. The second kappa shape index (κ2) is 4.28. The van der Waals surface area contributed by atoms with Crippen LogP contribution in [0.25, 0.3) is 5.82 Å². The van der Waals surface area contributed by atoms with E-state index >= 15 is 0 Å². The van der Waals surface area contributed by atoms with Gasteiger partial charge in [-0.05, 0) is 12.1 Å². The molecule has 0 aliphatic heterocycles. The first kappa shape index (κ1) is 10.6. The van der Waals surface area contributed by atoms with Gasteiger partial charge in [-0.3, -0.25) is 0 Å². The summed E-state index contributed by atoms with van der Waals surface area (Å²) in [6, 6.07) is 3.37. The van der Waals surface area contributed by atoms with E-state index in [0.717, 1.165) is 0 Å². The molecule has 0 radical (unpaired) electrons. The zero-order valence-electron chi connectivity index (χ0n) is 8.29. The summed E-state index contributed by atoms with van der Waals surface area (Å²) in [6.45, 7) is 0. The van der Waals surface area contributed by atoms with Gasteiger partial charge in [0, 0.05) is 6.20 Å². The molecule has 0 unspecified atom stereocenters. The number of esters is 1. The molecule has 82 valence electrons. The summed E-state index contributed by atoms with van der Waals surface area (Å²) < 4.78 is 5.80. The number of carbonyl (C=O) groups excluding carboxylic acids is 1. The van der Waals surface area contributed by atoms with Crippen LogP contribution >= 0.6 is 11.6 Å². The van der Waals surface area contributed by atoms with Crippen molar-refractivity contribution in [3.8, 4) is 5.82 Å². The van der Waals surface area contributed by atoms with Gasteiger partial charge in [-0.25, -0.2) is 19.4 Å². The largest absolute Gasteiger partial charge is 0.463 e. The van der Waals surface area contributed by atoms with Gasteiger partial charge in [0.1, 0.15) is 6.33 Å². The highest BCUT2D eigenvalue weighted by atomic mass is 35.5. The van der Waals surface area contributed by atoms with Crippen molar-refractivity contribution in [3.05, 3.63) is 35.5 Å². The SMILES string of the molecule is COC(=O)c1ncn(-c2ncccc2Cl)n1. The van der Waals surface area contributed by atoms with Crippen molar-refractivity contribution in [3.63, 3.8) is 0 Å². The molecule has 6 nitrogen and oxygen atoms in total. The number of nitrogens with zero attached hydrogens (tertiary/aromatic N) is 4. The Morgan fingerprint density at radius 2 is 2.31 bits per heavy atom. The van der Waals surface area contributed by atoms with E-state index in [1.807, 2.05) is 0 Å². The molecule has 0 fully saturated rings. The van der Waals surface area contributed by atoms with Crippen LogP contribution in [-0.4, -0.2) is 32.8 Å². The fraction of sp³-hybridized carbons (Fsp3) is 0.111. The average Bonchev–Trinajstić information content (AvgIpc) is 2.78. The van der Waals surface area contributed by atoms with Gasteiger partial charge in [-0.2, -0.15) is 0 Å². The van der Waals surface area contributed by atoms with Gasteiger partial charge in [0.15, 0.2) is 5.82 Å². The molecule has 0 bridgehead atoms. The Hall–Kier alpha value is -1.95. The number of carbonyl (C=O) groups is 1. The summed E-state index contributed by atoms with van der Waals surface area (Å²) in [6.07, 6.45) is 2.92. The molecule has 0 saturated carbocycles. The van der Waals surface area contributed by atoms with Crippen LogP contribution in [-0.2, 0) is 4.74 Å².